The molecular weight excluding hydrogens is 703 g/mol. The second-order valence-corrected chi connectivity index (χ2v) is 16.5. The number of aliphatic hydroxyl groups is 2. The van der Waals surface area contributed by atoms with Gasteiger partial charge in [0.25, 0.3) is 0 Å². The van der Waals surface area contributed by atoms with Gasteiger partial charge in [-0.1, -0.05) is 179 Å². The molecule has 0 aromatic rings. The molecule has 0 amide bonds. The number of hydrogen-bond acceptors (Lipinski definition) is 8. The first-order chi connectivity index (χ1) is 26.3. The maximum absolute atomic E-state index is 12.6. The Morgan fingerprint density at radius 3 is 1.50 bits per heavy atom. The van der Waals surface area contributed by atoms with Gasteiger partial charge in [0.1, 0.15) is 12.2 Å². The average molecular weight is 789 g/mol. The number of carbonyl (C=O) groups is 1. The number of carbonyl (C=O) groups excluding carboxylic acids is 1. The maximum atomic E-state index is 12.6. The highest BCUT2D eigenvalue weighted by Crippen LogP contribution is 2.43. The van der Waals surface area contributed by atoms with Crippen molar-refractivity contribution in [3.05, 3.63) is 24.3 Å². The van der Waals surface area contributed by atoms with Crippen LogP contribution in [0.15, 0.2) is 24.3 Å². The number of rotatable bonds is 43. The van der Waals surface area contributed by atoms with Crippen LogP contribution in [0.4, 0.5) is 0 Å². The molecule has 9 nitrogen and oxygen atoms in total. The highest BCUT2D eigenvalue weighted by Gasteiger charge is 2.26. The summed E-state index contributed by atoms with van der Waals surface area (Å²) in [6.07, 6.45) is 42.7. The van der Waals surface area contributed by atoms with E-state index in [4.69, 9.17) is 23.6 Å². The summed E-state index contributed by atoms with van der Waals surface area (Å²) < 4.78 is 33.4. The van der Waals surface area contributed by atoms with Crippen molar-refractivity contribution in [1.82, 2.24) is 0 Å². The number of allylic oxidation sites excluding steroid dienone is 4. The third-order valence-corrected chi connectivity index (χ3v) is 10.6. The van der Waals surface area contributed by atoms with Crippen molar-refractivity contribution >= 4 is 13.8 Å². The molecule has 0 saturated carbocycles. The SMILES string of the molecule is CCCCCC/C=C\C/C=C\CCCCCCCCCC(=O)OC(COCCCCCCCCCCCCCCCCC)COP(=O)(O)OCC(O)CO. The predicted octanol–water partition coefficient (Wildman–Crippen LogP) is 12.3. The standard InChI is InChI=1S/C44H85O9P/c1-3-5-7-9-11-13-15-17-19-20-21-22-24-26-28-30-32-34-36-44(47)53-43(41-52-54(48,49)51-39-42(46)38-45)40-50-37-35-33-31-29-27-25-23-18-16-14-12-10-8-6-4-2/h13,15,19-20,42-43,45-46H,3-12,14,16-18,21-41H2,1-2H3,(H,48,49)/b15-13-,20-19-. The molecule has 0 aliphatic rings. The number of phosphoric ester groups is 1. The minimum absolute atomic E-state index is 0.0502. The van der Waals surface area contributed by atoms with Crippen LogP contribution in [-0.4, -0.2) is 66.3 Å². The summed E-state index contributed by atoms with van der Waals surface area (Å²) in [5.74, 6) is -0.387. The lowest BCUT2D eigenvalue weighted by molar-refractivity contribution is -0.154. The molecule has 3 unspecified atom stereocenters. The highest BCUT2D eigenvalue weighted by molar-refractivity contribution is 7.47. The molecule has 0 aliphatic heterocycles. The monoisotopic (exact) mass is 789 g/mol. The Balaban J connectivity index is 4.15. The van der Waals surface area contributed by atoms with Gasteiger partial charge in [-0.15, -0.1) is 0 Å². The zero-order chi connectivity index (χ0) is 39.6. The molecular formula is C44H85O9P. The molecule has 0 saturated heterocycles. The second-order valence-electron chi connectivity index (χ2n) is 15.1. The topological polar surface area (TPSA) is 132 Å². The van der Waals surface area contributed by atoms with E-state index in [9.17, 15) is 19.4 Å². The molecule has 320 valence electrons. The summed E-state index contributed by atoms with van der Waals surface area (Å²) in [7, 11) is -4.52. The number of aliphatic hydroxyl groups excluding tert-OH is 2. The van der Waals surface area contributed by atoms with Gasteiger partial charge in [0.15, 0.2) is 0 Å². The normalized spacial score (nSPS) is 14.2. The van der Waals surface area contributed by atoms with Crippen LogP contribution >= 0.6 is 7.82 Å². The number of esters is 1. The van der Waals surface area contributed by atoms with Crippen LogP contribution in [0.25, 0.3) is 0 Å². The van der Waals surface area contributed by atoms with E-state index in [0.29, 0.717) is 6.61 Å². The summed E-state index contributed by atoms with van der Waals surface area (Å²) in [5.41, 5.74) is 0. The van der Waals surface area contributed by atoms with Gasteiger partial charge in [0.2, 0.25) is 0 Å². The van der Waals surface area contributed by atoms with E-state index in [0.717, 1.165) is 51.4 Å². The van der Waals surface area contributed by atoms with Crippen molar-refractivity contribution in [2.45, 2.75) is 219 Å². The van der Waals surface area contributed by atoms with Gasteiger partial charge in [-0.25, -0.2) is 4.57 Å². The summed E-state index contributed by atoms with van der Waals surface area (Å²) in [5, 5.41) is 18.3. The molecule has 3 atom stereocenters. The van der Waals surface area contributed by atoms with Gasteiger partial charge in [-0.05, 0) is 44.9 Å². The van der Waals surface area contributed by atoms with Crippen LogP contribution in [0, 0.1) is 0 Å². The van der Waals surface area contributed by atoms with E-state index >= 15 is 0 Å². The zero-order valence-corrected chi connectivity index (χ0v) is 35.8. The molecule has 0 fully saturated rings. The minimum Gasteiger partial charge on any atom is -0.457 e. The third kappa shape index (κ3) is 40.6. The van der Waals surface area contributed by atoms with Crippen LogP contribution in [0.3, 0.4) is 0 Å². The summed E-state index contributed by atoms with van der Waals surface area (Å²) in [6.45, 7) is 3.52. The molecule has 0 heterocycles. The lowest BCUT2D eigenvalue weighted by Crippen LogP contribution is -2.29. The Morgan fingerprint density at radius 1 is 0.574 bits per heavy atom. The van der Waals surface area contributed by atoms with Gasteiger partial charge >= 0.3 is 13.8 Å². The van der Waals surface area contributed by atoms with Gasteiger partial charge in [0.05, 0.1) is 26.4 Å². The smallest absolute Gasteiger partial charge is 0.457 e. The molecule has 0 radical (unpaired) electrons. The predicted molar refractivity (Wildman–Crippen MR) is 224 cm³/mol. The van der Waals surface area contributed by atoms with Crippen molar-refractivity contribution < 1.29 is 43.0 Å². The first-order valence-corrected chi connectivity index (χ1v) is 23.8. The molecule has 0 aromatic heterocycles. The first-order valence-electron chi connectivity index (χ1n) is 22.3. The zero-order valence-electron chi connectivity index (χ0n) is 35.0. The number of hydrogen-bond donors (Lipinski definition) is 3. The fourth-order valence-corrected chi connectivity index (χ4v) is 7.00. The van der Waals surface area contributed by atoms with E-state index < -0.39 is 33.2 Å². The van der Waals surface area contributed by atoms with E-state index in [1.165, 1.54) is 135 Å². The molecule has 3 N–H and O–H groups in total. The molecule has 0 rings (SSSR count). The van der Waals surface area contributed by atoms with Crippen LogP contribution in [0.5, 0.6) is 0 Å². The van der Waals surface area contributed by atoms with E-state index in [1.54, 1.807) is 0 Å². The van der Waals surface area contributed by atoms with Crippen molar-refractivity contribution in [1.29, 1.82) is 0 Å². The molecule has 0 bridgehead atoms. The second kappa shape index (κ2) is 41.6. The van der Waals surface area contributed by atoms with E-state index in [1.807, 2.05) is 0 Å². The van der Waals surface area contributed by atoms with Crippen LogP contribution in [0.1, 0.15) is 206 Å². The summed E-state index contributed by atoms with van der Waals surface area (Å²) in [4.78, 5) is 22.6. The molecule has 0 aromatic carbocycles. The van der Waals surface area contributed by atoms with Gasteiger partial charge in [0, 0.05) is 13.0 Å². The van der Waals surface area contributed by atoms with Gasteiger partial charge in [-0.3, -0.25) is 13.8 Å². The quantitative estimate of drug-likeness (QED) is 0.0239. The molecule has 10 heteroatoms. The van der Waals surface area contributed by atoms with Crippen molar-refractivity contribution in [2.75, 3.05) is 33.0 Å². The minimum atomic E-state index is -4.52. The lowest BCUT2D eigenvalue weighted by Gasteiger charge is -2.20. The molecule has 0 spiro atoms. The van der Waals surface area contributed by atoms with Gasteiger partial charge in [-0.2, -0.15) is 0 Å². The lowest BCUT2D eigenvalue weighted by atomic mass is 10.0. The Morgan fingerprint density at radius 2 is 1.00 bits per heavy atom. The summed E-state index contributed by atoms with van der Waals surface area (Å²) >= 11 is 0. The van der Waals surface area contributed by atoms with Crippen LogP contribution < -0.4 is 0 Å². The van der Waals surface area contributed by atoms with Crippen molar-refractivity contribution in [3.8, 4) is 0 Å². The van der Waals surface area contributed by atoms with Crippen molar-refractivity contribution in [3.63, 3.8) is 0 Å². The fourth-order valence-electron chi connectivity index (χ4n) is 6.21. The van der Waals surface area contributed by atoms with Gasteiger partial charge < -0.3 is 24.6 Å². The largest absolute Gasteiger partial charge is 0.472 e. The van der Waals surface area contributed by atoms with Crippen molar-refractivity contribution in [2.24, 2.45) is 0 Å². The Hall–Kier alpha value is -1.06. The Kier molecular flexibility index (Phi) is 40.8. The maximum Gasteiger partial charge on any atom is 0.472 e. The van der Waals surface area contributed by atoms with E-state index in [-0.39, 0.29) is 25.6 Å². The number of ether oxygens (including phenoxy) is 2. The van der Waals surface area contributed by atoms with Crippen LogP contribution in [-0.2, 0) is 27.9 Å². The van der Waals surface area contributed by atoms with E-state index in [2.05, 4.69) is 38.2 Å². The molecule has 0 aliphatic carbocycles. The fraction of sp³-hybridized carbons (Fsp3) is 0.886. The van der Waals surface area contributed by atoms with Crippen LogP contribution in [0.2, 0.25) is 0 Å². The molecule has 54 heavy (non-hydrogen) atoms. The Bertz CT molecular complexity index is 897. The summed E-state index contributed by atoms with van der Waals surface area (Å²) in [6, 6.07) is 0. The number of phosphoric acid groups is 1. The number of unbranched alkanes of at least 4 members (excludes halogenated alkanes) is 25. The first kappa shape index (κ1) is 52.9. The highest BCUT2D eigenvalue weighted by atomic mass is 31.2. The third-order valence-electron chi connectivity index (χ3n) is 9.64. The Labute approximate surface area is 332 Å². The average Bonchev–Trinajstić information content (AvgIpc) is 3.16.